The van der Waals surface area contributed by atoms with Crippen LogP contribution in [0.25, 0.3) is 64.7 Å². The van der Waals surface area contributed by atoms with Crippen LogP contribution < -0.4 is 9.80 Å². The Balaban J connectivity index is 0.646. The third-order valence-electron chi connectivity index (χ3n) is 24.1. The highest BCUT2D eigenvalue weighted by atomic mass is 32.2. The predicted molar refractivity (Wildman–Crippen MR) is 421 cm³/mol. The standard InChI is InChI=1S/C94H84N2S2/c1-5-93(6-2)85-31-17-15-29-77(85)79-47-45-75(59-87(79)93)95(71-41-33-63(34-42-71)61-21-11-9-12-22-61)73-27-19-25-65(53-73)67-37-49-89-81(55-67)83-57-69(39-51-91(83)97-89)70-40-52-92-84(58-70)82-56-68(38-50-90(82)98-92)66-26-20-28-74(54-66)96(72-43-35-64(36-44-72)62-23-13-10-14-24-62)76-46-48-80-78-30-16-18-32-86(78)94(7-3,8-4)88(80)60-76/h9-18,21-24,27-45,47,50,52-58,60,87,89,91H,5-8,19-20,25-26,46,48-49,51,59H2,1-4H3. The number of thioether (sulfide) groups is 1. The van der Waals surface area contributed by atoms with Gasteiger partial charge in [-0.15, -0.1) is 23.1 Å². The van der Waals surface area contributed by atoms with Crippen LogP contribution in [-0.2, 0) is 10.8 Å². The normalized spacial score (nSPS) is 20.9. The van der Waals surface area contributed by atoms with Crippen molar-refractivity contribution >= 4 is 76.9 Å². The van der Waals surface area contributed by atoms with Gasteiger partial charge in [0.05, 0.1) is 0 Å². The van der Waals surface area contributed by atoms with Gasteiger partial charge in [0.1, 0.15) is 0 Å². The quantitative estimate of drug-likeness (QED) is 0.101. The Bertz CT molecular complexity index is 5130. The molecule has 0 saturated carbocycles. The van der Waals surface area contributed by atoms with Gasteiger partial charge >= 0.3 is 0 Å². The van der Waals surface area contributed by atoms with Crippen LogP contribution in [0.2, 0.25) is 0 Å². The largest absolute Gasteiger partial charge is 0.315 e. The van der Waals surface area contributed by atoms with Gasteiger partial charge in [-0.1, -0.05) is 216 Å². The van der Waals surface area contributed by atoms with Crippen molar-refractivity contribution in [2.75, 3.05) is 9.80 Å². The summed E-state index contributed by atoms with van der Waals surface area (Å²) < 4.78 is 2.71. The second kappa shape index (κ2) is 25.0. The van der Waals surface area contributed by atoms with Gasteiger partial charge in [-0.2, -0.15) is 0 Å². The number of fused-ring (bicyclic) bond motifs is 11. The number of rotatable bonds is 15. The first-order valence-corrected chi connectivity index (χ1v) is 38.3. The predicted octanol–water partition coefficient (Wildman–Crippen LogP) is 25.8. The van der Waals surface area contributed by atoms with Crippen molar-refractivity contribution in [1.82, 2.24) is 0 Å². The van der Waals surface area contributed by atoms with E-state index < -0.39 is 0 Å². The molecule has 1 aromatic heterocycles. The zero-order chi connectivity index (χ0) is 65.6. The smallest absolute Gasteiger partial charge is 0.0458 e. The monoisotopic (exact) mass is 1300 g/mol. The van der Waals surface area contributed by atoms with E-state index >= 15 is 0 Å². The van der Waals surface area contributed by atoms with Gasteiger partial charge in [-0.25, -0.2) is 0 Å². The van der Waals surface area contributed by atoms with E-state index in [1.54, 1.807) is 16.7 Å². The fourth-order valence-corrected chi connectivity index (χ4v) is 21.5. The molecule has 0 radical (unpaired) electrons. The van der Waals surface area contributed by atoms with Gasteiger partial charge in [0.2, 0.25) is 0 Å². The molecule has 2 heterocycles. The fraction of sp³-hybridized carbons (Fsp3) is 0.234. The zero-order valence-electron chi connectivity index (χ0n) is 57.0. The minimum atomic E-state index is 0.0263. The molecule has 18 rings (SSSR count). The summed E-state index contributed by atoms with van der Waals surface area (Å²) in [6, 6.07) is 73.6. The zero-order valence-corrected chi connectivity index (χ0v) is 58.6. The van der Waals surface area contributed by atoms with Crippen molar-refractivity contribution in [3.8, 4) is 22.3 Å². The fourth-order valence-electron chi connectivity index (χ4n) is 18.9. The lowest BCUT2D eigenvalue weighted by Gasteiger charge is -2.40. The highest BCUT2D eigenvalue weighted by Gasteiger charge is 2.49. The third kappa shape index (κ3) is 10.2. The topological polar surface area (TPSA) is 6.48 Å². The Morgan fingerprint density at radius 3 is 1.59 bits per heavy atom. The Kier molecular flexibility index (Phi) is 15.6. The summed E-state index contributed by atoms with van der Waals surface area (Å²) in [6.45, 7) is 9.64. The van der Waals surface area contributed by atoms with Crippen LogP contribution in [0, 0.1) is 5.92 Å². The molecule has 0 N–H and O–H groups in total. The Hall–Kier alpha value is -9.19. The van der Waals surface area contributed by atoms with E-state index in [0.717, 1.165) is 83.5 Å². The number of hydrogen-bond acceptors (Lipinski definition) is 4. The first-order chi connectivity index (χ1) is 48.3. The molecule has 1 fully saturated rings. The molecule has 482 valence electrons. The first-order valence-electron chi connectivity index (χ1n) is 36.5. The summed E-state index contributed by atoms with van der Waals surface area (Å²) in [4.78, 5) is 5.24. The minimum absolute atomic E-state index is 0.0263. The van der Waals surface area contributed by atoms with Crippen molar-refractivity contribution in [1.29, 1.82) is 0 Å². The highest BCUT2D eigenvalue weighted by molar-refractivity contribution is 8.01. The molecule has 0 bridgehead atoms. The van der Waals surface area contributed by atoms with E-state index in [-0.39, 0.29) is 10.8 Å². The second-order valence-corrected chi connectivity index (χ2v) is 31.1. The van der Waals surface area contributed by atoms with Crippen LogP contribution in [0.5, 0.6) is 0 Å². The number of nitrogens with zero attached hydrogens (tertiary/aromatic N) is 2. The lowest BCUT2D eigenvalue weighted by atomic mass is 9.67. The molecule has 8 aliphatic carbocycles. The van der Waals surface area contributed by atoms with E-state index in [9.17, 15) is 0 Å². The third-order valence-corrected chi connectivity index (χ3v) is 26.8. The molecule has 3 unspecified atom stereocenters. The van der Waals surface area contributed by atoms with E-state index in [0.29, 0.717) is 16.4 Å². The molecule has 9 aliphatic rings. The van der Waals surface area contributed by atoms with Crippen LogP contribution in [0.15, 0.2) is 312 Å². The first kappa shape index (κ1) is 61.2. The summed E-state index contributed by atoms with van der Waals surface area (Å²) in [5, 5.41) is 3.69. The van der Waals surface area contributed by atoms with Crippen molar-refractivity contribution in [3.63, 3.8) is 0 Å². The van der Waals surface area contributed by atoms with Crippen LogP contribution in [0.3, 0.4) is 0 Å². The van der Waals surface area contributed by atoms with Gasteiger partial charge in [0.15, 0.2) is 0 Å². The minimum Gasteiger partial charge on any atom is -0.315 e. The van der Waals surface area contributed by atoms with Crippen molar-refractivity contribution in [3.05, 3.63) is 345 Å². The van der Waals surface area contributed by atoms with Crippen LogP contribution in [0.1, 0.15) is 145 Å². The summed E-state index contributed by atoms with van der Waals surface area (Å²) in [7, 11) is 0. The molecule has 8 aromatic carbocycles. The number of anilines is 2. The molecule has 4 heteroatoms. The molecule has 0 amide bonds. The van der Waals surface area contributed by atoms with Gasteiger partial charge in [0.25, 0.3) is 0 Å². The van der Waals surface area contributed by atoms with Crippen LogP contribution >= 0.6 is 23.1 Å². The van der Waals surface area contributed by atoms with Gasteiger partial charge in [-0.3, -0.25) is 0 Å². The molecule has 2 nitrogen and oxygen atoms in total. The molecule has 1 saturated heterocycles. The SMILES string of the molecule is CCC1(CC)C2=C(CCC(N(C3=CCCC(c4ccc5sc6ccc(C7=CCC8SC9CC=C(C%10=CC(N(C%11=CC=C%12c%13ccccc%13C(CC)(CC)C%12C%11)c%11ccc(-c%12ccccc%12)cc%11)=CCC%10)C=C9C8=C7)cc6c5c4)=C3)c3ccc(-c4ccccc4)cc3)=C2)c2ccccc21. The molecular formula is C94H84N2S2. The van der Waals surface area contributed by atoms with Gasteiger partial charge < -0.3 is 9.80 Å². The Morgan fingerprint density at radius 1 is 0.418 bits per heavy atom. The highest BCUT2D eigenvalue weighted by Crippen LogP contribution is 2.60. The average molecular weight is 1310 g/mol. The second-order valence-electron chi connectivity index (χ2n) is 28.6. The molecular weight excluding hydrogens is 1220 g/mol. The maximum absolute atomic E-state index is 2.62. The number of benzene rings is 8. The number of hydrogen-bond donors (Lipinski definition) is 0. The number of allylic oxidation sites excluding steroid dienone is 20. The summed E-state index contributed by atoms with van der Waals surface area (Å²) in [5.41, 5.74) is 34.9. The summed E-state index contributed by atoms with van der Waals surface area (Å²) in [5.74, 6) is 0.433. The molecule has 1 aliphatic heterocycles. The van der Waals surface area contributed by atoms with Crippen molar-refractivity contribution in [2.24, 2.45) is 5.92 Å². The lowest BCUT2D eigenvalue weighted by molar-refractivity contribution is 0.312. The van der Waals surface area contributed by atoms with Crippen molar-refractivity contribution in [2.45, 2.75) is 132 Å². The average Bonchev–Trinajstić information content (AvgIpc) is 1.57. The van der Waals surface area contributed by atoms with Gasteiger partial charge in [-0.05, 0) is 268 Å². The Morgan fingerprint density at radius 2 is 0.949 bits per heavy atom. The molecule has 98 heavy (non-hydrogen) atoms. The summed E-state index contributed by atoms with van der Waals surface area (Å²) in [6.07, 6.45) is 41.7. The van der Waals surface area contributed by atoms with E-state index in [4.69, 9.17) is 0 Å². The van der Waals surface area contributed by atoms with Gasteiger partial charge in [0, 0.05) is 75.7 Å². The number of thiophene rings is 1. The summed E-state index contributed by atoms with van der Waals surface area (Å²) >= 11 is 4.12. The van der Waals surface area contributed by atoms with Crippen LogP contribution in [-0.4, -0.2) is 10.5 Å². The maximum atomic E-state index is 2.62. The molecule has 9 aromatic rings. The lowest BCUT2D eigenvalue weighted by Crippen LogP contribution is -2.34. The molecule has 3 atom stereocenters. The van der Waals surface area contributed by atoms with Crippen LogP contribution in [0.4, 0.5) is 11.4 Å². The van der Waals surface area contributed by atoms with E-state index in [1.165, 1.54) is 143 Å². The van der Waals surface area contributed by atoms with E-state index in [2.05, 4.69) is 310 Å². The molecule has 0 spiro atoms. The Labute approximate surface area is 588 Å². The maximum Gasteiger partial charge on any atom is 0.0458 e. The van der Waals surface area contributed by atoms with Crippen molar-refractivity contribution < 1.29 is 0 Å². The van der Waals surface area contributed by atoms with E-state index in [1.807, 2.05) is 11.3 Å².